The van der Waals surface area contributed by atoms with Crippen molar-refractivity contribution >= 4 is 11.8 Å². The molecule has 4 nitrogen and oxygen atoms in total. The Morgan fingerprint density at radius 2 is 1.75 bits per heavy atom. The van der Waals surface area contributed by atoms with Crippen LogP contribution in [0, 0.1) is 0 Å². The molecule has 0 aromatic rings. The number of unbranched alkanes of at least 4 members (excludes halogenated alkanes) is 9. The van der Waals surface area contributed by atoms with Gasteiger partial charge >= 0.3 is 5.97 Å². The highest BCUT2D eigenvalue weighted by molar-refractivity contribution is 5.90. The molecule has 1 atom stereocenters. The highest BCUT2D eigenvalue weighted by Crippen LogP contribution is 2.18. The fourth-order valence-electron chi connectivity index (χ4n) is 2.78. The zero-order chi connectivity index (χ0) is 17.6. The molecule has 0 aromatic heterocycles. The summed E-state index contributed by atoms with van der Waals surface area (Å²) in [7, 11) is 0. The molecule has 1 heterocycles. The number of cyclic esters (lactones) is 1. The number of carbonyl (C=O) groups excluding carboxylic acids is 2. The Kier molecular flexibility index (Phi) is 11.1. The predicted molar refractivity (Wildman–Crippen MR) is 95.4 cm³/mol. The van der Waals surface area contributed by atoms with Gasteiger partial charge in [0.2, 0.25) is 6.29 Å². The van der Waals surface area contributed by atoms with Crippen molar-refractivity contribution < 1.29 is 19.4 Å². The Hall–Kier alpha value is -1.42. The summed E-state index contributed by atoms with van der Waals surface area (Å²) in [6.07, 6.45) is 17.0. The van der Waals surface area contributed by atoms with Gasteiger partial charge < -0.3 is 9.84 Å². The molecule has 0 amide bonds. The first kappa shape index (κ1) is 20.6. The van der Waals surface area contributed by atoms with E-state index in [0.717, 1.165) is 12.8 Å². The summed E-state index contributed by atoms with van der Waals surface area (Å²) >= 11 is 0. The molecule has 0 fully saturated rings. The molecule has 0 spiro atoms. The van der Waals surface area contributed by atoms with E-state index in [1.54, 1.807) is 6.08 Å². The van der Waals surface area contributed by atoms with Gasteiger partial charge in [-0.3, -0.25) is 4.79 Å². The van der Waals surface area contributed by atoms with Gasteiger partial charge in [-0.1, -0.05) is 64.4 Å². The van der Waals surface area contributed by atoms with Crippen LogP contribution in [0.5, 0.6) is 0 Å². The van der Waals surface area contributed by atoms with E-state index in [4.69, 9.17) is 0 Å². The van der Waals surface area contributed by atoms with Crippen molar-refractivity contribution in [2.45, 2.75) is 90.3 Å². The number of allylic oxidation sites excluding steroid dienone is 2. The quantitative estimate of drug-likeness (QED) is 0.286. The molecule has 0 aromatic carbocycles. The monoisotopic (exact) mass is 336 g/mol. The average Bonchev–Trinajstić information content (AvgIpc) is 2.88. The molecule has 1 N–H and O–H groups in total. The third kappa shape index (κ3) is 9.66. The van der Waals surface area contributed by atoms with Crippen molar-refractivity contribution in [3.63, 3.8) is 0 Å². The second-order valence-corrected chi connectivity index (χ2v) is 6.49. The molecule has 1 unspecified atom stereocenters. The molecule has 1 aliphatic heterocycles. The minimum absolute atomic E-state index is 0.0263. The number of hydrogen-bond acceptors (Lipinski definition) is 4. The smallest absolute Gasteiger partial charge is 0.333 e. The van der Waals surface area contributed by atoms with Crippen LogP contribution in [0.25, 0.3) is 0 Å². The minimum atomic E-state index is -1.17. The lowest BCUT2D eigenvalue weighted by Crippen LogP contribution is -2.10. The third-order valence-corrected chi connectivity index (χ3v) is 4.29. The highest BCUT2D eigenvalue weighted by Gasteiger charge is 2.23. The molecule has 4 heteroatoms. The van der Waals surface area contributed by atoms with Crippen LogP contribution >= 0.6 is 0 Å². The summed E-state index contributed by atoms with van der Waals surface area (Å²) in [6.45, 7) is 2.24. The largest absolute Gasteiger partial charge is 0.429 e. The van der Waals surface area contributed by atoms with Gasteiger partial charge in [0.25, 0.3) is 0 Å². The van der Waals surface area contributed by atoms with Gasteiger partial charge in [-0.05, 0) is 25.3 Å². The Morgan fingerprint density at radius 3 is 2.33 bits per heavy atom. The van der Waals surface area contributed by atoms with Gasteiger partial charge in [-0.25, -0.2) is 4.79 Å². The van der Waals surface area contributed by atoms with E-state index in [1.807, 2.05) is 6.08 Å². The Bertz CT molecular complexity index is 437. The number of ketones is 1. The normalized spacial score (nSPS) is 17.3. The Balaban J connectivity index is 1.96. The van der Waals surface area contributed by atoms with Gasteiger partial charge in [-0.15, -0.1) is 0 Å². The van der Waals surface area contributed by atoms with Crippen LogP contribution in [-0.4, -0.2) is 23.1 Å². The third-order valence-electron chi connectivity index (χ3n) is 4.29. The summed E-state index contributed by atoms with van der Waals surface area (Å²) in [5.74, 6) is -0.510. The summed E-state index contributed by atoms with van der Waals surface area (Å²) in [6, 6.07) is 0. The number of hydrogen-bond donors (Lipinski definition) is 1. The van der Waals surface area contributed by atoms with Crippen LogP contribution in [0.15, 0.2) is 23.8 Å². The Labute approximate surface area is 146 Å². The van der Waals surface area contributed by atoms with Crippen LogP contribution in [0.1, 0.15) is 84.0 Å². The molecule has 0 saturated heterocycles. The molecule has 0 saturated carbocycles. The van der Waals surface area contributed by atoms with Crippen LogP contribution in [0.4, 0.5) is 0 Å². The maximum atomic E-state index is 11.7. The molecule has 1 aliphatic rings. The zero-order valence-corrected chi connectivity index (χ0v) is 15.0. The number of carbonyl (C=O) groups is 2. The topological polar surface area (TPSA) is 63.6 Å². The lowest BCUT2D eigenvalue weighted by molar-refractivity contribution is -0.151. The van der Waals surface area contributed by atoms with E-state index < -0.39 is 12.3 Å². The summed E-state index contributed by atoms with van der Waals surface area (Å²) in [5.41, 5.74) is 0.487. The molecule has 0 aliphatic carbocycles. The molecule has 24 heavy (non-hydrogen) atoms. The van der Waals surface area contributed by atoms with E-state index in [2.05, 4.69) is 11.7 Å². The van der Waals surface area contributed by atoms with Crippen molar-refractivity contribution in [1.82, 2.24) is 0 Å². The van der Waals surface area contributed by atoms with E-state index >= 15 is 0 Å². The van der Waals surface area contributed by atoms with Crippen LogP contribution in [0.3, 0.4) is 0 Å². The van der Waals surface area contributed by atoms with Crippen molar-refractivity contribution in [3.05, 3.63) is 23.8 Å². The molecule has 0 radical (unpaired) electrons. The molecular formula is C20H32O4. The van der Waals surface area contributed by atoms with Crippen molar-refractivity contribution in [1.29, 1.82) is 0 Å². The first-order valence-corrected chi connectivity index (χ1v) is 9.42. The molecule has 136 valence electrons. The summed E-state index contributed by atoms with van der Waals surface area (Å²) in [4.78, 5) is 22.7. The van der Waals surface area contributed by atoms with Crippen molar-refractivity contribution in [2.24, 2.45) is 0 Å². The lowest BCUT2D eigenvalue weighted by atomic mass is 10.1. The zero-order valence-electron chi connectivity index (χ0n) is 15.0. The first-order valence-electron chi connectivity index (χ1n) is 9.42. The highest BCUT2D eigenvalue weighted by atomic mass is 16.6. The fraction of sp³-hybridized carbons (Fsp3) is 0.700. The maximum Gasteiger partial charge on any atom is 0.333 e. The SMILES string of the molecule is CCCCCCCCCCCC=CC(=O)CCC1=CC(=O)OC1O. The number of esters is 1. The molecule has 0 bridgehead atoms. The van der Waals surface area contributed by atoms with Crippen molar-refractivity contribution in [2.75, 3.05) is 0 Å². The first-order chi connectivity index (χ1) is 11.6. The number of ether oxygens (including phenoxy) is 1. The van der Waals surface area contributed by atoms with E-state index in [-0.39, 0.29) is 5.78 Å². The van der Waals surface area contributed by atoms with Gasteiger partial charge in [0, 0.05) is 18.1 Å². The average molecular weight is 336 g/mol. The second-order valence-electron chi connectivity index (χ2n) is 6.49. The van der Waals surface area contributed by atoms with Gasteiger partial charge in [0.05, 0.1) is 0 Å². The lowest BCUT2D eigenvalue weighted by Gasteiger charge is -2.05. The molecule has 1 rings (SSSR count). The number of aliphatic hydroxyl groups is 1. The summed E-state index contributed by atoms with van der Waals surface area (Å²) in [5, 5.41) is 9.41. The van der Waals surface area contributed by atoms with Gasteiger partial charge in [-0.2, -0.15) is 0 Å². The van der Waals surface area contributed by atoms with Gasteiger partial charge in [0.1, 0.15) is 0 Å². The number of rotatable bonds is 14. The standard InChI is InChI=1S/C20H32O4/c1-2-3-4-5-6-7-8-9-10-11-12-13-18(21)15-14-17-16-19(22)24-20(17)23/h12-13,16,20,23H,2-11,14-15H2,1H3. The fourth-order valence-corrected chi connectivity index (χ4v) is 2.78. The number of aliphatic hydroxyl groups excluding tert-OH is 1. The summed E-state index contributed by atoms with van der Waals surface area (Å²) < 4.78 is 4.57. The van der Waals surface area contributed by atoms with E-state index in [9.17, 15) is 14.7 Å². The molecular weight excluding hydrogens is 304 g/mol. The van der Waals surface area contributed by atoms with Crippen LogP contribution in [0.2, 0.25) is 0 Å². The minimum Gasteiger partial charge on any atom is -0.429 e. The van der Waals surface area contributed by atoms with E-state index in [0.29, 0.717) is 18.4 Å². The van der Waals surface area contributed by atoms with Crippen LogP contribution in [-0.2, 0) is 14.3 Å². The van der Waals surface area contributed by atoms with Crippen molar-refractivity contribution in [3.8, 4) is 0 Å². The van der Waals surface area contributed by atoms with Gasteiger partial charge in [0.15, 0.2) is 5.78 Å². The second kappa shape index (κ2) is 12.9. The predicted octanol–water partition coefficient (Wildman–Crippen LogP) is 4.61. The maximum absolute atomic E-state index is 11.7. The van der Waals surface area contributed by atoms with Crippen LogP contribution < -0.4 is 0 Å². The Morgan fingerprint density at radius 1 is 1.12 bits per heavy atom. The van der Waals surface area contributed by atoms with E-state index in [1.165, 1.54) is 57.4 Å².